The Labute approximate surface area is 184 Å². The van der Waals surface area contributed by atoms with E-state index in [1.807, 2.05) is 19.1 Å². The van der Waals surface area contributed by atoms with Crippen molar-refractivity contribution in [3.05, 3.63) is 83.1 Å². The number of aromatic nitrogens is 2. The molecule has 1 aliphatic heterocycles. The average molecular weight is 436 g/mol. The van der Waals surface area contributed by atoms with Crippen molar-refractivity contribution in [1.29, 1.82) is 0 Å². The molecule has 2 aromatic carbocycles. The van der Waals surface area contributed by atoms with Crippen LogP contribution in [-0.2, 0) is 0 Å². The largest absolute Gasteiger partial charge is 0.339 e. The smallest absolute Gasteiger partial charge is 0.253 e. The van der Waals surface area contributed by atoms with Gasteiger partial charge >= 0.3 is 0 Å². The number of Topliss-reactive ketones (excluding diaryl/α,β-unsaturated/α-hetero) is 1. The van der Waals surface area contributed by atoms with Crippen molar-refractivity contribution in [2.24, 2.45) is 5.92 Å². The van der Waals surface area contributed by atoms with E-state index in [1.54, 1.807) is 29.2 Å². The van der Waals surface area contributed by atoms with Crippen molar-refractivity contribution in [3.8, 4) is 0 Å². The molecule has 1 fully saturated rings. The van der Waals surface area contributed by atoms with Crippen molar-refractivity contribution in [3.63, 3.8) is 0 Å². The Balaban J connectivity index is 1.39. The molecule has 4 rings (SSSR count). The zero-order valence-electron chi connectivity index (χ0n) is 17.5. The quantitative estimate of drug-likeness (QED) is 0.595. The number of amides is 1. The van der Waals surface area contributed by atoms with Gasteiger partial charge in [-0.25, -0.2) is 8.78 Å². The summed E-state index contributed by atoms with van der Waals surface area (Å²) in [7, 11) is 0. The van der Waals surface area contributed by atoms with Crippen LogP contribution < -0.4 is 5.32 Å². The maximum atomic E-state index is 13.9. The highest BCUT2D eigenvalue weighted by Gasteiger charge is 2.30. The molecule has 0 bridgehead atoms. The first kappa shape index (κ1) is 21.5. The number of nitrogens with zero attached hydrogens (tertiary/aromatic N) is 3. The number of anilines is 2. The number of ketones is 1. The van der Waals surface area contributed by atoms with Crippen molar-refractivity contribution < 1.29 is 18.4 Å². The van der Waals surface area contributed by atoms with Crippen LogP contribution in [0, 0.1) is 24.5 Å². The maximum Gasteiger partial charge on any atom is 0.253 e. The Morgan fingerprint density at radius 3 is 2.50 bits per heavy atom. The van der Waals surface area contributed by atoms with E-state index in [9.17, 15) is 18.4 Å². The van der Waals surface area contributed by atoms with E-state index in [0.717, 1.165) is 23.9 Å². The Hall–Kier alpha value is -3.68. The minimum absolute atomic E-state index is 0.147. The highest BCUT2D eigenvalue weighted by Crippen LogP contribution is 2.25. The second-order valence-corrected chi connectivity index (χ2v) is 7.82. The minimum Gasteiger partial charge on any atom is -0.339 e. The van der Waals surface area contributed by atoms with Crippen LogP contribution in [-0.4, -0.2) is 39.9 Å². The number of rotatable bonds is 5. The molecule has 0 aliphatic carbocycles. The zero-order chi connectivity index (χ0) is 22.7. The fraction of sp³-hybridized carbons (Fsp3) is 0.250. The number of carbonyl (C=O) groups is 2. The highest BCUT2D eigenvalue weighted by molar-refractivity contribution is 5.99. The molecule has 0 spiro atoms. The van der Waals surface area contributed by atoms with E-state index in [0.29, 0.717) is 43.0 Å². The van der Waals surface area contributed by atoms with Gasteiger partial charge < -0.3 is 10.2 Å². The number of carbonyl (C=O) groups excluding carboxylic acids is 2. The molecule has 1 saturated heterocycles. The van der Waals surface area contributed by atoms with Crippen molar-refractivity contribution >= 4 is 23.2 Å². The van der Waals surface area contributed by atoms with Gasteiger partial charge in [0.05, 0.1) is 11.3 Å². The lowest BCUT2D eigenvalue weighted by Crippen LogP contribution is -2.40. The van der Waals surface area contributed by atoms with Gasteiger partial charge in [-0.15, -0.1) is 5.10 Å². The third kappa shape index (κ3) is 4.80. The minimum atomic E-state index is -0.725. The van der Waals surface area contributed by atoms with Crippen LogP contribution in [0.5, 0.6) is 0 Å². The molecule has 1 aliphatic rings. The summed E-state index contributed by atoms with van der Waals surface area (Å²) in [6, 6.07) is 13.6. The van der Waals surface area contributed by atoms with Gasteiger partial charge in [-0.3, -0.25) is 9.59 Å². The summed E-state index contributed by atoms with van der Waals surface area (Å²) in [5.74, 6) is -1.80. The molecule has 0 radical (unpaired) electrons. The number of piperidine rings is 1. The molecule has 1 N–H and O–H groups in total. The van der Waals surface area contributed by atoms with Crippen LogP contribution >= 0.6 is 0 Å². The number of hydrogen-bond acceptors (Lipinski definition) is 5. The first-order chi connectivity index (χ1) is 15.4. The average Bonchev–Trinajstić information content (AvgIpc) is 2.81. The van der Waals surface area contributed by atoms with Crippen LogP contribution in [0.4, 0.5) is 20.3 Å². The molecule has 1 aromatic heterocycles. The van der Waals surface area contributed by atoms with Crippen LogP contribution in [0.2, 0.25) is 0 Å². The summed E-state index contributed by atoms with van der Waals surface area (Å²) in [5.41, 5.74) is 1.80. The third-order valence-electron chi connectivity index (χ3n) is 5.53. The van der Waals surface area contributed by atoms with E-state index >= 15 is 0 Å². The summed E-state index contributed by atoms with van der Waals surface area (Å²) in [6.45, 7) is 2.59. The van der Waals surface area contributed by atoms with Gasteiger partial charge in [0.15, 0.2) is 11.6 Å². The summed E-state index contributed by atoms with van der Waals surface area (Å²) >= 11 is 0. The van der Waals surface area contributed by atoms with Crippen molar-refractivity contribution in [1.82, 2.24) is 15.1 Å². The molecule has 32 heavy (non-hydrogen) atoms. The summed E-state index contributed by atoms with van der Waals surface area (Å²) in [6.07, 6.45) is 0.800. The summed E-state index contributed by atoms with van der Waals surface area (Å²) < 4.78 is 27.4. The fourth-order valence-electron chi connectivity index (χ4n) is 3.78. The highest BCUT2D eigenvalue weighted by atomic mass is 19.1. The molecule has 0 atom stereocenters. The topological polar surface area (TPSA) is 75.2 Å². The van der Waals surface area contributed by atoms with Gasteiger partial charge in [0.25, 0.3) is 5.91 Å². The van der Waals surface area contributed by atoms with Crippen LogP contribution in [0.1, 0.15) is 39.3 Å². The lowest BCUT2D eigenvalue weighted by Gasteiger charge is -2.31. The first-order valence-corrected chi connectivity index (χ1v) is 10.4. The Kier molecular flexibility index (Phi) is 6.20. The normalized spacial score (nSPS) is 14.3. The molecule has 3 aromatic rings. The van der Waals surface area contributed by atoms with Gasteiger partial charge in [0.1, 0.15) is 11.6 Å². The monoisotopic (exact) mass is 436 g/mol. The summed E-state index contributed by atoms with van der Waals surface area (Å²) in [4.78, 5) is 27.3. The van der Waals surface area contributed by atoms with Gasteiger partial charge in [-0.05, 0) is 68.3 Å². The predicted molar refractivity (Wildman–Crippen MR) is 116 cm³/mol. The van der Waals surface area contributed by atoms with Gasteiger partial charge in [-0.1, -0.05) is 6.07 Å². The van der Waals surface area contributed by atoms with Crippen LogP contribution in [0.3, 0.4) is 0 Å². The van der Waals surface area contributed by atoms with Crippen molar-refractivity contribution in [2.45, 2.75) is 19.8 Å². The standard InChI is InChI=1S/C24H22F2N4O2/c1-15-5-8-22(29-28-15)27-19-4-2-3-17(13-19)24(32)30-11-9-16(10-12-30)23(31)20-14-18(25)6-7-21(20)26/h2-8,13-14,16H,9-12H2,1H3,(H,27,29). The Morgan fingerprint density at radius 2 is 1.78 bits per heavy atom. The third-order valence-corrected chi connectivity index (χ3v) is 5.53. The van der Waals surface area contributed by atoms with Crippen LogP contribution in [0.25, 0.3) is 0 Å². The molecule has 8 heteroatoms. The molecule has 6 nitrogen and oxygen atoms in total. The molecule has 1 amide bonds. The Morgan fingerprint density at radius 1 is 1.00 bits per heavy atom. The first-order valence-electron chi connectivity index (χ1n) is 10.4. The van der Waals surface area contributed by atoms with E-state index in [4.69, 9.17) is 0 Å². The molecule has 0 saturated carbocycles. The molecular formula is C24H22F2N4O2. The number of likely N-dealkylation sites (tertiary alicyclic amines) is 1. The zero-order valence-corrected chi connectivity index (χ0v) is 17.5. The number of hydrogen-bond donors (Lipinski definition) is 1. The maximum absolute atomic E-state index is 13.9. The molecule has 164 valence electrons. The number of aryl methyl sites for hydroxylation is 1. The van der Waals surface area contributed by atoms with E-state index in [-0.39, 0.29) is 11.5 Å². The van der Waals surface area contributed by atoms with Gasteiger partial charge in [-0.2, -0.15) is 5.10 Å². The predicted octanol–water partition coefficient (Wildman–Crippen LogP) is 4.54. The molecule has 0 unspecified atom stereocenters. The Bertz CT molecular complexity index is 1140. The second kappa shape index (κ2) is 9.21. The summed E-state index contributed by atoms with van der Waals surface area (Å²) in [5, 5.41) is 11.2. The fourth-order valence-corrected chi connectivity index (χ4v) is 3.78. The van der Waals surface area contributed by atoms with Crippen molar-refractivity contribution in [2.75, 3.05) is 18.4 Å². The van der Waals surface area contributed by atoms with Gasteiger partial charge in [0, 0.05) is 30.3 Å². The second-order valence-electron chi connectivity index (χ2n) is 7.82. The van der Waals surface area contributed by atoms with E-state index in [1.165, 1.54) is 0 Å². The van der Waals surface area contributed by atoms with Gasteiger partial charge in [0.2, 0.25) is 0 Å². The molecular weight excluding hydrogens is 414 g/mol. The lowest BCUT2D eigenvalue weighted by atomic mass is 9.88. The lowest BCUT2D eigenvalue weighted by molar-refractivity contribution is 0.0649. The number of nitrogens with one attached hydrogen (secondary N) is 1. The number of halogens is 2. The van der Waals surface area contributed by atoms with E-state index < -0.39 is 23.3 Å². The SMILES string of the molecule is Cc1ccc(Nc2cccc(C(=O)N3CCC(C(=O)c4cc(F)ccc4F)CC3)c2)nn1. The van der Waals surface area contributed by atoms with E-state index in [2.05, 4.69) is 15.5 Å². The number of benzene rings is 2. The molecule has 2 heterocycles. The van der Waals surface area contributed by atoms with Crippen LogP contribution in [0.15, 0.2) is 54.6 Å².